The molecule has 48 heavy (non-hydrogen) atoms. The van der Waals surface area contributed by atoms with Crippen molar-refractivity contribution >= 4 is 41.9 Å². The van der Waals surface area contributed by atoms with Gasteiger partial charge in [-0.2, -0.15) is 0 Å². The summed E-state index contributed by atoms with van der Waals surface area (Å²) in [7, 11) is 0. The van der Waals surface area contributed by atoms with Gasteiger partial charge in [0.1, 0.15) is 12.7 Å². The molecule has 266 valence electrons. The molecule has 13 nitrogen and oxygen atoms in total. The molecule has 1 fully saturated rings. The van der Waals surface area contributed by atoms with Crippen LogP contribution in [-0.2, 0) is 42.9 Å². The molecule has 1 aliphatic rings. The predicted octanol–water partition coefficient (Wildman–Crippen LogP) is 5.87. The van der Waals surface area contributed by atoms with Gasteiger partial charge < -0.3 is 23.7 Å². The number of allylic oxidation sites excluding steroid dienone is 1. The van der Waals surface area contributed by atoms with Crippen molar-refractivity contribution in [3.8, 4) is 0 Å². The molecule has 1 aromatic rings. The summed E-state index contributed by atoms with van der Waals surface area (Å²) in [6.45, 7) is 19.4. The summed E-state index contributed by atoms with van der Waals surface area (Å²) in [4.78, 5) is 67.6. The number of carbonyl (C=O) groups excluding carboxylic acids is 4. The summed E-state index contributed by atoms with van der Waals surface area (Å²) in [5.74, 6) is -2.54. The Balaban J connectivity index is 2.66. The van der Waals surface area contributed by atoms with Crippen molar-refractivity contribution in [2.24, 2.45) is 26.7 Å². The number of non-ortho nitro benzene ring substituents is 1. The van der Waals surface area contributed by atoms with Crippen LogP contribution >= 0.6 is 0 Å². The van der Waals surface area contributed by atoms with Crippen molar-refractivity contribution in [3.05, 3.63) is 46.0 Å². The topological polar surface area (TPSA) is 170 Å². The maximum Gasteiger partial charge on any atom is 0.311 e. The average molecular weight is 675 g/mol. The zero-order chi connectivity index (χ0) is 36.8. The van der Waals surface area contributed by atoms with E-state index in [4.69, 9.17) is 23.7 Å². The number of nitrogens with zero attached hydrogens (tertiary/aromatic N) is 2. The molecule has 0 aliphatic carbocycles. The van der Waals surface area contributed by atoms with Crippen LogP contribution in [0.25, 0.3) is 6.08 Å². The Morgan fingerprint density at radius 3 is 1.60 bits per heavy atom. The quantitative estimate of drug-likeness (QED) is 0.101. The number of ether oxygens (including phenoxy) is 5. The van der Waals surface area contributed by atoms with E-state index in [2.05, 4.69) is 4.99 Å². The third-order valence-corrected chi connectivity index (χ3v) is 6.88. The highest BCUT2D eigenvalue weighted by atomic mass is 16.7. The number of hydrogen-bond acceptors (Lipinski definition) is 12. The SMILES string of the molecule is CC(C)(C)C(=O)OC[C@H]1O[C@@H](/N=C/C=C/c2ccc([N+](=O)[O-])cc2)[C@H](OC(=O)C(C)(C)C)[C@@H](OC(=O)C(C)(C)C)[C@@H]1OC(=O)C(C)(C)C. The van der Waals surface area contributed by atoms with Crippen LogP contribution in [0.1, 0.15) is 88.6 Å². The van der Waals surface area contributed by atoms with Gasteiger partial charge >= 0.3 is 23.9 Å². The maximum atomic E-state index is 13.4. The third kappa shape index (κ3) is 11.5. The summed E-state index contributed by atoms with van der Waals surface area (Å²) >= 11 is 0. The second-order valence-corrected chi connectivity index (χ2v) is 15.8. The lowest BCUT2D eigenvalue weighted by Gasteiger charge is -2.45. The second kappa shape index (κ2) is 15.4. The number of nitro groups is 1. The molecule has 0 bridgehead atoms. The molecule has 1 aromatic carbocycles. The monoisotopic (exact) mass is 674 g/mol. The van der Waals surface area contributed by atoms with E-state index in [0.717, 1.165) is 0 Å². The van der Waals surface area contributed by atoms with Gasteiger partial charge in [0.05, 0.1) is 26.6 Å². The number of aliphatic imine (C=N–C) groups is 1. The van der Waals surface area contributed by atoms with E-state index in [1.54, 1.807) is 107 Å². The molecule has 0 aromatic heterocycles. The molecular formula is C35H50N2O11. The highest BCUT2D eigenvalue weighted by Crippen LogP contribution is 2.34. The van der Waals surface area contributed by atoms with Crippen LogP contribution in [0.5, 0.6) is 0 Å². The fraction of sp³-hybridized carbons (Fsp3) is 0.629. The molecule has 0 unspecified atom stereocenters. The normalized spacial score (nSPS) is 22.3. The molecule has 1 aliphatic heterocycles. The minimum Gasteiger partial charge on any atom is -0.462 e. The van der Waals surface area contributed by atoms with Gasteiger partial charge in [0.15, 0.2) is 24.5 Å². The minimum atomic E-state index is -1.41. The van der Waals surface area contributed by atoms with Crippen molar-refractivity contribution in [3.63, 3.8) is 0 Å². The summed E-state index contributed by atoms with van der Waals surface area (Å²) in [5, 5.41) is 11.0. The lowest BCUT2D eigenvalue weighted by atomic mass is 9.92. The fourth-order valence-corrected chi connectivity index (χ4v) is 3.82. The van der Waals surface area contributed by atoms with Crippen molar-refractivity contribution in [2.75, 3.05) is 6.61 Å². The molecule has 0 amide bonds. The molecule has 13 heteroatoms. The molecule has 5 atom stereocenters. The van der Waals surface area contributed by atoms with Crippen LogP contribution in [0.3, 0.4) is 0 Å². The largest absolute Gasteiger partial charge is 0.462 e. The summed E-state index contributed by atoms with van der Waals surface area (Å²) in [6.07, 6.45) is -2.11. The second-order valence-electron chi connectivity index (χ2n) is 15.8. The molecule has 1 saturated heterocycles. The lowest BCUT2D eigenvalue weighted by Crippen LogP contribution is -2.63. The van der Waals surface area contributed by atoms with E-state index in [-0.39, 0.29) is 5.69 Å². The average Bonchev–Trinajstić information content (AvgIpc) is 2.94. The van der Waals surface area contributed by atoms with Gasteiger partial charge in [-0.15, -0.1) is 0 Å². The maximum absolute atomic E-state index is 13.4. The number of benzene rings is 1. The van der Waals surface area contributed by atoms with Crippen LogP contribution in [0.15, 0.2) is 35.3 Å². The van der Waals surface area contributed by atoms with Crippen LogP contribution < -0.4 is 0 Å². The Morgan fingerprint density at radius 1 is 0.729 bits per heavy atom. The van der Waals surface area contributed by atoms with Crippen LogP contribution in [0.4, 0.5) is 5.69 Å². The minimum absolute atomic E-state index is 0.0595. The Hall–Kier alpha value is -4.13. The highest BCUT2D eigenvalue weighted by molar-refractivity contribution is 5.79. The Morgan fingerprint density at radius 2 is 1.17 bits per heavy atom. The summed E-state index contributed by atoms with van der Waals surface area (Å²) < 4.78 is 29.7. The van der Waals surface area contributed by atoms with E-state index < -0.39 is 87.7 Å². The first kappa shape index (κ1) is 40.0. The third-order valence-electron chi connectivity index (χ3n) is 6.88. The molecule has 1 heterocycles. The molecular weight excluding hydrogens is 624 g/mol. The number of carbonyl (C=O) groups is 4. The van der Waals surface area contributed by atoms with Gasteiger partial charge in [0.25, 0.3) is 5.69 Å². The molecule has 0 saturated carbocycles. The number of nitro benzene ring substituents is 1. The van der Waals surface area contributed by atoms with Gasteiger partial charge in [0.2, 0.25) is 0 Å². The number of rotatable bonds is 9. The first-order chi connectivity index (χ1) is 21.8. The van der Waals surface area contributed by atoms with Crippen molar-refractivity contribution in [1.82, 2.24) is 0 Å². The molecule has 0 radical (unpaired) electrons. The predicted molar refractivity (Wildman–Crippen MR) is 178 cm³/mol. The Bertz CT molecular complexity index is 1390. The van der Waals surface area contributed by atoms with Crippen molar-refractivity contribution < 1.29 is 47.8 Å². The van der Waals surface area contributed by atoms with Crippen molar-refractivity contribution in [2.45, 2.75) is 114 Å². The first-order valence-electron chi connectivity index (χ1n) is 15.7. The van der Waals surface area contributed by atoms with E-state index in [9.17, 15) is 29.3 Å². The van der Waals surface area contributed by atoms with Crippen LogP contribution in [0.2, 0.25) is 0 Å². The summed E-state index contributed by atoms with van der Waals surface area (Å²) in [5.41, 5.74) is -3.26. The molecule has 0 N–H and O–H groups in total. The van der Waals surface area contributed by atoms with E-state index in [1.165, 1.54) is 18.3 Å². The number of esters is 4. The Labute approximate surface area is 282 Å². The van der Waals surface area contributed by atoms with Crippen molar-refractivity contribution in [1.29, 1.82) is 0 Å². The van der Waals surface area contributed by atoms with Gasteiger partial charge in [-0.1, -0.05) is 6.08 Å². The van der Waals surface area contributed by atoms with Gasteiger partial charge in [-0.3, -0.25) is 34.3 Å². The Kier molecular flexibility index (Phi) is 12.8. The van der Waals surface area contributed by atoms with E-state index in [0.29, 0.717) is 5.56 Å². The lowest BCUT2D eigenvalue weighted by molar-refractivity contribution is -0.384. The standard InChI is InChI=1S/C35H50N2O11/c1-32(2,3)28(38)44-20-23-24(46-29(39)33(4,5)6)25(47-30(40)34(7,8)9)26(48-31(41)35(10,11)12)27(45-23)36-19-13-14-21-15-17-22(18-16-21)37(42)43/h13-19,23-27H,20H2,1-12H3/b14-13+,36-19+/t23-,24-,25+,26-,27-/m1/s1. The van der Waals surface area contributed by atoms with Crippen LogP contribution in [0, 0.1) is 31.8 Å². The zero-order valence-corrected chi connectivity index (χ0v) is 30.0. The smallest absolute Gasteiger partial charge is 0.311 e. The van der Waals surface area contributed by atoms with E-state index in [1.807, 2.05) is 0 Å². The first-order valence-corrected chi connectivity index (χ1v) is 15.7. The van der Waals surface area contributed by atoms with Gasteiger partial charge in [0, 0.05) is 18.3 Å². The van der Waals surface area contributed by atoms with Crippen LogP contribution in [-0.4, -0.2) is 72.3 Å². The fourth-order valence-electron chi connectivity index (χ4n) is 3.82. The summed E-state index contributed by atoms with van der Waals surface area (Å²) in [6, 6.07) is 5.84. The van der Waals surface area contributed by atoms with E-state index >= 15 is 0 Å². The number of hydrogen-bond donors (Lipinski definition) is 0. The van der Waals surface area contributed by atoms with Gasteiger partial charge in [-0.05, 0) is 107 Å². The van der Waals surface area contributed by atoms with Gasteiger partial charge in [-0.25, -0.2) is 0 Å². The highest BCUT2D eigenvalue weighted by Gasteiger charge is 2.54. The molecule has 0 spiro atoms. The molecule has 2 rings (SSSR count). The zero-order valence-electron chi connectivity index (χ0n) is 30.0.